The Morgan fingerprint density at radius 2 is 2.00 bits per heavy atom. The van der Waals surface area contributed by atoms with E-state index in [-0.39, 0.29) is 5.91 Å². The first-order valence-electron chi connectivity index (χ1n) is 7.17. The van der Waals surface area contributed by atoms with Crippen LogP contribution in [0.4, 0.5) is 0 Å². The van der Waals surface area contributed by atoms with Crippen LogP contribution in [-0.2, 0) is 16.1 Å². The average Bonchev–Trinajstić information content (AvgIpc) is 3.15. The Labute approximate surface area is 128 Å². The van der Waals surface area contributed by atoms with E-state index in [0.29, 0.717) is 19.4 Å². The van der Waals surface area contributed by atoms with Gasteiger partial charge < -0.3 is 10.6 Å². The molecule has 2 aromatic rings. The summed E-state index contributed by atoms with van der Waals surface area (Å²) in [6.45, 7) is 0.452. The van der Waals surface area contributed by atoms with Gasteiger partial charge in [-0.2, -0.15) is 5.10 Å². The minimum Gasteiger partial charge on any atom is -0.369 e. The Hall–Kier alpha value is -2.63. The molecular formula is C16H18N4O2. The van der Waals surface area contributed by atoms with Gasteiger partial charge in [-0.05, 0) is 36.6 Å². The molecule has 22 heavy (non-hydrogen) atoms. The number of carbonyl (C=O) groups excluding carboxylic acids is 2. The summed E-state index contributed by atoms with van der Waals surface area (Å²) in [6, 6.07) is 9.65. The molecule has 1 fully saturated rings. The summed E-state index contributed by atoms with van der Waals surface area (Å²) in [7, 11) is 1.70. The molecule has 114 valence electrons. The number of benzene rings is 1. The lowest BCUT2D eigenvalue weighted by Gasteiger charge is -2.21. The summed E-state index contributed by atoms with van der Waals surface area (Å²) in [5, 5.41) is 4.17. The van der Waals surface area contributed by atoms with Crippen molar-refractivity contribution in [3.63, 3.8) is 0 Å². The highest BCUT2D eigenvalue weighted by molar-refractivity contribution is 6.07. The maximum absolute atomic E-state index is 12.3. The first-order valence-corrected chi connectivity index (χ1v) is 7.17. The predicted octanol–water partition coefficient (Wildman–Crippen LogP) is 1.10. The van der Waals surface area contributed by atoms with Crippen molar-refractivity contribution in [3.05, 3.63) is 48.3 Å². The molecule has 1 aromatic carbocycles. The normalized spacial score (nSPS) is 15.3. The zero-order chi connectivity index (χ0) is 15.7. The summed E-state index contributed by atoms with van der Waals surface area (Å²) in [6.07, 6.45) is 4.71. The van der Waals surface area contributed by atoms with Crippen LogP contribution in [0.15, 0.2) is 42.7 Å². The van der Waals surface area contributed by atoms with Crippen molar-refractivity contribution in [3.8, 4) is 5.69 Å². The lowest BCUT2D eigenvalue weighted by molar-refractivity contribution is -0.142. The molecule has 0 unspecified atom stereocenters. The van der Waals surface area contributed by atoms with Gasteiger partial charge in [0, 0.05) is 26.0 Å². The quantitative estimate of drug-likeness (QED) is 0.839. The van der Waals surface area contributed by atoms with E-state index in [0.717, 1.165) is 11.3 Å². The van der Waals surface area contributed by atoms with E-state index in [1.807, 2.05) is 36.5 Å². The maximum atomic E-state index is 12.3. The maximum Gasteiger partial charge on any atom is 0.238 e. The molecule has 2 N–H and O–H groups in total. The van der Waals surface area contributed by atoms with E-state index in [4.69, 9.17) is 5.73 Å². The number of nitrogens with zero attached hydrogens (tertiary/aromatic N) is 3. The van der Waals surface area contributed by atoms with Gasteiger partial charge in [-0.15, -0.1) is 0 Å². The standard InChI is InChI=1S/C16H18N4O2/c1-19(15(22)16(7-8-16)14(17)21)11-12-3-5-13(6-4-12)20-10-2-9-18-20/h2-6,9-10H,7-8,11H2,1H3,(H2,17,21). The largest absolute Gasteiger partial charge is 0.369 e. The smallest absolute Gasteiger partial charge is 0.238 e. The molecule has 0 atom stereocenters. The summed E-state index contributed by atoms with van der Waals surface area (Å²) in [5.41, 5.74) is 6.34. The van der Waals surface area contributed by atoms with Crippen molar-refractivity contribution in [1.29, 1.82) is 0 Å². The molecule has 3 rings (SSSR count). The van der Waals surface area contributed by atoms with Crippen molar-refractivity contribution in [2.75, 3.05) is 7.05 Å². The number of nitrogens with two attached hydrogens (primary N) is 1. The van der Waals surface area contributed by atoms with Crippen molar-refractivity contribution in [2.45, 2.75) is 19.4 Å². The zero-order valence-corrected chi connectivity index (χ0v) is 12.4. The molecule has 6 nitrogen and oxygen atoms in total. The number of amides is 2. The summed E-state index contributed by atoms with van der Waals surface area (Å²) >= 11 is 0. The number of carbonyl (C=O) groups is 2. The Bertz CT molecular complexity index is 687. The summed E-state index contributed by atoms with van der Waals surface area (Å²) in [4.78, 5) is 25.3. The second-order valence-electron chi connectivity index (χ2n) is 5.72. The molecule has 2 amide bonds. The highest BCUT2D eigenvalue weighted by Crippen LogP contribution is 2.46. The molecule has 0 aliphatic heterocycles. The topological polar surface area (TPSA) is 81.2 Å². The minimum atomic E-state index is -0.955. The second-order valence-corrected chi connectivity index (χ2v) is 5.72. The number of rotatable bonds is 5. The molecule has 1 aliphatic rings. The number of primary amides is 1. The van der Waals surface area contributed by atoms with Gasteiger partial charge in [0.15, 0.2) is 0 Å². The minimum absolute atomic E-state index is 0.184. The van der Waals surface area contributed by atoms with E-state index < -0.39 is 11.3 Å². The van der Waals surface area contributed by atoms with Crippen LogP contribution in [0.2, 0.25) is 0 Å². The van der Waals surface area contributed by atoms with E-state index in [1.165, 1.54) is 0 Å². The van der Waals surface area contributed by atoms with Crippen LogP contribution < -0.4 is 5.73 Å². The molecule has 0 spiro atoms. The third-order valence-corrected chi connectivity index (χ3v) is 4.10. The second kappa shape index (κ2) is 5.29. The fourth-order valence-electron chi connectivity index (χ4n) is 2.58. The molecule has 1 heterocycles. The fraction of sp³-hybridized carbons (Fsp3) is 0.312. The predicted molar refractivity (Wildman–Crippen MR) is 80.9 cm³/mol. The summed E-state index contributed by atoms with van der Waals surface area (Å²) in [5.74, 6) is -0.700. The van der Waals surface area contributed by atoms with Crippen molar-refractivity contribution in [2.24, 2.45) is 11.1 Å². The Balaban J connectivity index is 1.68. The number of aromatic nitrogens is 2. The Morgan fingerprint density at radius 3 is 2.50 bits per heavy atom. The third kappa shape index (κ3) is 2.47. The molecular weight excluding hydrogens is 280 g/mol. The molecule has 1 aliphatic carbocycles. The SMILES string of the molecule is CN(Cc1ccc(-n2cccn2)cc1)C(=O)C1(C(N)=O)CC1. The molecule has 0 saturated heterocycles. The fourth-order valence-corrected chi connectivity index (χ4v) is 2.58. The highest BCUT2D eigenvalue weighted by Gasteiger charge is 2.56. The van der Waals surface area contributed by atoms with Gasteiger partial charge in [0.2, 0.25) is 11.8 Å². The van der Waals surface area contributed by atoms with E-state index in [1.54, 1.807) is 22.8 Å². The van der Waals surface area contributed by atoms with E-state index in [2.05, 4.69) is 5.10 Å². The lowest BCUT2D eigenvalue weighted by atomic mass is 10.0. The Kier molecular flexibility index (Phi) is 3.44. The van der Waals surface area contributed by atoms with Gasteiger partial charge in [0.05, 0.1) is 5.69 Å². The number of hydrogen-bond acceptors (Lipinski definition) is 3. The molecule has 1 aromatic heterocycles. The van der Waals surface area contributed by atoms with Gasteiger partial charge >= 0.3 is 0 Å². The van der Waals surface area contributed by atoms with Crippen LogP contribution in [0.1, 0.15) is 18.4 Å². The van der Waals surface area contributed by atoms with Gasteiger partial charge in [-0.25, -0.2) is 4.68 Å². The van der Waals surface area contributed by atoms with Crippen molar-refractivity contribution in [1.82, 2.24) is 14.7 Å². The van der Waals surface area contributed by atoms with Crippen molar-refractivity contribution < 1.29 is 9.59 Å². The van der Waals surface area contributed by atoms with Crippen LogP contribution in [0.3, 0.4) is 0 Å². The van der Waals surface area contributed by atoms with Crippen LogP contribution in [-0.4, -0.2) is 33.5 Å². The molecule has 0 radical (unpaired) electrons. The Morgan fingerprint density at radius 1 is 1.32 bits per heavy atom. The van der Waals surface area contributed by atoms with Crippen LogP contribution in [0.5, 0.6) is 0 Å². The van der Waals surface area contributed by atoms with Crippen LogP contribution in [0.25, 0.3) is 5.69 Å². The van der Waals surface area contributed by atoms with E-state index >= 15 is 0 Å². The van der Waals surface area contributed by atoms with Crippen LogP contribution >= 0.6 is 0 Å². The summed E-state index contributed by atoms with van der Waals surface area (Å²) < 4.78 is 1.77. The highest BCUT2D eigenvalue weighted by atomic mass is 16.2. The van der Waals surface area contributed by atoms with Gasteiger partial charge in [-0.3, -0.25) is 9.59 Å². The van der Waals surface area contributed by atoms with Gasteiger partial charge in [-0.1, -0.05) is 12.1 Å². The van der Waals surface area contributed by atoms with Gasteiger partial charge in [0.25, 0.3) is 0 Å². The molecule has 1 saturated carbocycles. The monoisotopic (exact) mass is 298 g/mol. The third-order valence-electron chi connectivity index (χ3n) is 4.10. The van der Waals surface area contributed by atoms with Crippen LogP contribution in [0, 0.1) is 5.41 Å². The number of hydrogen-bond donors (Lipinski definition) is 1. The average molecular weight is 298 g/mol. The first-order chi connectivity index (χ1) is 10.5. The van der Waals surface area contributed by atoms with Crippen molar-refractivity contribution >= 4 is 11.8 Å². The lowest BCUT2D eigenvalue weighted by Crippen LogP contribution is -2.41. The zero-order valence-electron chi connectivity index (χ0n) is 12.4. The first kappa shape index (κ1) is 14.3. The van der Waals surface area contributed by atoms with E-state index in [9.17, 15) is 9.59 Å². The molecule has 0 bridgehead atoms. The molecule has 6 heteroatoms. The van der Waals surface area contributed by atoms with Gasteiger partial charge in [0.1, 0.15) is 5.41 Å².